The maximum atomic E-state index is 12.7. The molecule has 1 unspecified atom stereocenters. The predicted molar refractivity (Wildman–Crippen MR) is 134 cm³/mol. The van der Waals surface area contributed by atoms with Gasteiger partial charge in [0, 0.05) is 31.0 Å². The molecule has 0 bridgehead atoms. The monoisotopic (exact) mass is 487 g/mol. The molecule has 0 saturated heterocycles. The number of carbonyl (C=O) groups excluding carboxylic acids is 1. The van der Waals surface area contributed by atoms with Crippen LogP contribution in [0.1, 0.15) is 32.4 Å². The van der Waals surface area contributed by atoms with Crippen LogP contribution < -0.4 is 16.4 Å². The van der Waals surface area contributed by atoms with Crippen LogP contribution in [-0.2, 0) is 22.9 Å². The molecule has 1 amide bonds. The van der Waals surface area contributed by atoms with E-state index in [0.29, 0.717) is 30.2 Å². The second kappa shape index (κ2) is 10.9. The van der Waals surface area contributed by atoms with E-state index >= 15 is 0 Å². The molecule has 1 atom stereocenters. The number of anilines is 1. The molecule has 0 spiro atoms. The van der Waals surface area contributed by atoms with Crippen LogP contribution in [0.2, 0.25) is 0 Å². The lowest BCUT2D eigenvalue weighted by molar-refractivity contribution is 0.0951. The first kappa shape index (κ1) is 24.1. The van der Waals surface area contributed by atoms with Crippen LogP contribution in [0.15, 0.2) is 102 Å². The van der Waals surface area contributed by atoms with E-state index in [9.17, 15) is 13.2 Å². The molecule has 8 nitrogen and oxygen atoms in total. The van der Waals surface area contributed by atoms with Gasteiger partial charge in [-0.05, 0) is 47.0 Å². The summed E-state index contributed by atoms with van der Waals surface area (Å²) >= 11 is 0. The van der Waals surface area contributed by atoms with E-state index in [4.69, 9.17) is 5.73 Å². The Labute approximate surface area is 204 Å². The number of nitrogens with two attached hydrogens (primary N) is 1. The highest BCUT2D eigenvalue weighted by atomic mass is 32.2. The van der Waals surface area contributed by atoms with Crippen LogP contribution in [0.3, 0.4) is 0 Å². The molecular formula is C26H25N5O3S. The summed E-state index contributed by atoms with van der Waals surface area (Å²) in [5.41, 5.74) is 8.89. The van der Waals surface area contributed by atoms with E-state index in [0.717, 1.165) is 11.1 Å². The van der Waals surface area contributed by atoms with Gasteiger partial charge in [0.05, 0.1) is 4.90 Å². The third kappa shape index (κ3) is 6.08. The first-order valence-electron chi connectivity index (χ1n) is 10.9. The molecule has 0 saturated carbocycles. The summed E-state index contributed by atoms with van der Waals surface area (Å²) in [7, 11) is -3.69. The van der Waals surface area contributed by atoms with E-state index in [1.54, 1.807) is 73.1 Å². The SMILES string of the molecule is NC(c1ccc(CNC(=O)c2ccc(CNc3ncccn3)cc2)cc1)S(=O)(=O)c1ccccc1. The van der Waals surface area contributed by atoms with E-state index in [2.05, 4.69) is 20.6 Å². The molecule has 4 aromatic rings. The minimum absolute atomic E-state index is 0.180. The number of hydrogen-bond acceptors (Lipinski definition) is 7. The Morgan fingerprint density at radius 1 is 0.800 bits per heavy atom. The summed E-state index contributed by atoms with van der Waals surface area (Å²) in [4.78, 5) is 20.9. The number of nitrogens with one attached hydrogen (secondary N) is 2. The second-order valence-corrected chi connectivity index (χ2v) is 9.90. The van der Waals surface area contributed by atoms with Crippen molar-refractivity contribution >= 4 is 21.7 Å². The van der Waals surface area contributed by atoms with Gasteiger partial charge >= 0.3 is 0 Å². The Hall–Kier alpha value is -4.08. The van der Waals surface area contributed by atoms with Gasteiger partial charge in [-0.25, -0.2) is 18.4 Å². The van der Waals surface area contributed by atoms with Crippen molar-refractivity contribution in [2.45, 2.75) is 23.4 Å². The molecule has 0 aliphatic heterocycles. The van der Waals surface area contributed by atoms with Crippen molar-refractivity contribution < 1.29 is 13.2 Å². The molecule has 0 aliphatic rings. The third-order valence-electron chi connectivity index (χ3n) is 5.40. The van der Waals surface area contributed by atoms with E-state index in [-0.39, 0.29) is 10.8 Å². The topological polar surface area (TPSA) is 127 Å². The summed E-state index contributed by atoms with van der Waals surface area (Å²) in [5.74, 6) is 0.335. The Kier molecular flexibility index (Phi) is 7.49. The average Bonchev–Trinajstić information content (AvgIpc) is 2.92. The number of rotatable bonds is 9. The molecule has 9 heteroatoms. The lowest BCUT2D eigenvalue weighted by atomic mass is 10.1. The maximum Gasteiger partial charge on any atom is 0.251 e. The van der Waals surface area contributed by atoms with Gasteiger partial charge < -0.3 is 16.4 Å². The normalized spacial score (nSPS) is 12.0. The smallest absolute Gasteiger partial charge is 0.251 e. The van der Waals surface area contributed by atoms with Crippen molar-refractivity contribution in [3.05, 3.63) is 120 Å². The number of hydrogen-bond donors (Lipinski definition) is 3. The number of nitrogens with zero attached hydrogens (tertiary/aromatic N) is 2. The molecule has 3 aromatic carbocycles. The lowest BCUT2D eigenvalue weighted by Gasteiger charge is -2.14. The Morgan fingerprint density at radius 2 is 1.40 bits per heavy atom. The van der Waals surface area contributed by atoms with Crippen LogP contribution in [0, 0.1) is 0 Å². The summed E-state index contributed by atoms with van der Waals surface area (Å²) in [5, 5.41) is 4.82. The number of carbonyl (C=O) groups is 1. The van der Waals surface area contributed by atoms with Crippen molar-refractivity contribution in [1.82, 2.24) is 15.3 Å². The van der Waals surface area contributed by atoms with Gasteiger partial charge in [-0.3, -0.25) is 4.79 Å². The third-order valence-corrected chi connectivity index (χ3v) is 7.27. The zero-order chi connectivity index (χ0) is 24.7. The Bertz CT molecular complexity index is 1360. The summed E-state index contributed by atoms with van der Waals surface area (Å²) in [6.07, 6.45) is 3.33. The van der Waals surface area contributed by atoms with E-state index in [1.165, 1.54) is 12.1 Å². The summed E-state index contributed by atoms with van der Waals surface area (Å²) in [6.45, 7) is 0.842. The molecule has 4 N–H and O–H groups in total. The first-order valence-corrected chi connectivity index (χ1v) is 12.5. The van der Waals surface area contributed by atoms with Crippen molar-refractivity contribution in [2.24, 2.45) is 5.73 Å². The minimum Gasteiger partial charge on any atom is -0.350 e. The van der Waals surface area contributed by atoms with Crippen LogP contribution in [0.4, 0.5) is 5.95 Å². The molecule has 0 aliphatic carbocycles. The highest BCUT2D eigenvalue weighted by Gasteiger charge is 2.25. The van der Waals surface area contributed by atoms with Gasteiger partial charge in [-0.15, -0.1) is 0 Å². The quantitative estimate of drug-likeness (QED) is 0.330. The van der Waals surface area contributed by atoms with Crippen molar-refractivity contribution in [1.29, 1.82) is 0 Å². The van der Waals surface area contributed by atoms with Gasteiger partial charge in [0.1, 0.15) is 5.37 Å². The van der Waals surface area contributed by atoms with Crippen LogP contribution in [0.25, 0.3) is 0 Å². The Balaban J connectivity index is 1.31. The van der Waals surface area contributed by atoms with Crippen LogP contribution in [-0.4, -0.2) is 24.3 Å². The largest absolute Gasteiger partial charge is 0.350 e. The van der Waals surface area contributed by atoms with Gasteiger partial charge in [-0.1, -0.05) is 54.6 Å². The molecule has 4 rings (SSSR count). The average molecular weight is 488 g/mol. The predicted octanol–water partition coefficient (Wildman–Crippen LogP) is 3.45. The van der Waals surface area contributed by atoms with E-state index < -0.39 is 15.2 Å². The molecule has 1 heterocycles. The minimum atomic E-state index is -3.69. The maximum absolute atomic E-state index is 12.7. The zero-order valence-electron chi connectivity index (χ0n) is 18.8. The fourth-order valence-electron chi connectivity index (χ4n) is 3.39. The van der Waals surface area contributed by atoms with Gasteiger partial charge in [0.2, 0.25) is 5.95 Å². The van der Waals surface area contributed by atoms with Crippen molar-refractivity contribution in [3.63, 3.8) is 0 Å². The first-order chi connectivity index (χ1) is 16.9. The second-order valence-electron chi connectivity index (χ2n) is 7.83. The fourth-order valence-corrected chi connectivity index (χ4v) is 4.74. The highest BCUT2D eigenvalue weighted by molar-refractivity contribution is 7.91. The highest BCUT2D eigenvalue weighted by Crippen LogP contribution is 2.24. The fraction of sp³-hybridized carbons (Fsp3) is 0.115. The number of amides is 1. The summed E-state index contributed by atoms with van der Waals surface area (Å²) in [6, 6.07) is 24.0. The molecule has 178 valence electrons. The number of aromatic nitrogens is 2. The Morgan fingerprint density at radius 3 is 2.06 bits per heavy atom. The van der Waals surface area contributed by atoms with Gasteiger partial charge in [0.25, 0.3) is 5.91 Å². The zero-order valence-corrected chi connectivity index (χ0v) is 19.7. The molecular weight excluding hydrogens is 462 g/mol. The van der Waals surface area contributed by atoms with Crippen molar-refractivity contribution in [3.8, 4) is 0 Å². The van der Waals surface area contributed by atoms with Crippen LogP contribution in [0.5, 0.6) is 0 Å². The van der Waals surface area contributed by atoms with Gasteiger partial charge in [0.15, 0.2) is 9.84 Å². The molecule has 1 aromatic heterocycles. The number of sulfone groups is 1. The van der Waals surface area contributed by atoms with Gasteiger partial charge in [-0.2, -0.15) is 0 Å². The summed E-state index contributed by atoms with van der Waals surface area (Å²) < 4.78 is 25.5. The lowest BCUT2D eigenvalue weighted by Crippen LogP contribution is -2.23. The molecule has 0 radical (unpaired) electrons. The standard InChI is InChI=1S/C26H25N5O3S/c27-24(35(33,34)23-5-2-1-3-6-23)21-11-7-19(8-12-21)17-30-25(32)22-13-9-20(10-14-22)18-31-26-28-15-4-16-29-26/h1-16,24H,17-18,27H2,(H,30,32)(H,28,29,31). The van der Waals surface area contributed by atoms with E-state index in [1.807, 2.05) is 12.1 Å². The number of benzene rings is 3. The molecule has 35 heavy (non-hydrogen) atoms. The van der Waals surface area contributed by atoms with Crippen LogP contribution >= 0.6 is 0 Å². The molecule has 0 fully saturated rings. The van der Waals surface area contributed by atoms with Crippen molar-refractivity contribution in [2.75, 3.05) is 5.32 Å².